The van der Waals surface area contributed by atoms with Gasteiger partial charge in [0.15, 0.2) is 0 Å². The van der Waals surface area contributed by atoms with Crippen molar-refractivity contribution in [2.24, 2.45) is 0 Å². The lowest BCUT2D eigenvalue weighted by Crippen LogP contribution is -1.89. The smallest absolute Gasteiger partial charge is 0.0500 e. The van der Waals surface area contributed by atoms with E-state index in [2.05, 4.69) is 6.08 Å². The Bertz CT molecular complexity index is 57.4. The summed E-state index contributed by atoms with van der Waals surface area (Å²) in [6, 6.07) is 0. The largest absolute Gasteiger partial charge is 0.381 e. The monoisotopic (exact) mass is 114 g/mol. The molecule has 0 aliphatic rings. The normalized spacial score (nSPS) is 10.8. The fraction of sp³-hybridized carbons (Fsp3) is 0.714. The molecule has 0 aliphatic carbocycles. The van der Waals surface area contributed by atoms with Crippen LogP contribution in [0, 0.1) is 0 Å². The van der Waals surface area contributed by atoms with Crippen LogP contribution in [0.4, 0.5) is 0 Å². The van der Waals surface area contributed by atoms with Crippen LogP contribution in [0.5, 0.6) is 0 Å². The molecule has 0 saturated heterocycles. The molecule has 1 heteroatoms. The van der Waals surface area contributed by atoms with E-state index in [1.165, 1.54) is 0 Å². The second kappa shape index (κ2) is 6.70. The maximum atomic E-state index is 5.08. The molecule has 0 rings (SSSR count). The van der Waals surface area contributed by atoms with Crippen LogP contribution in [0.1, 0.15) is 20.3 Å². The molecule has 0 spiro atoms. The molecule has 0 unspecified atom stereocenters. The summed E-state index contributed by atoms with van der Waals surface area (Å²) in [6.07, 6.45) is 5.19. The van der Waals surface area contributed by atoms with Gasteiger partial charge in [-0.3, -0.25) is 0 Å². The summed E-state index contributed by atoms with van der Waals surface area (Å²) in [6.45, 7) is 5.72. The summed E-state index contributed by atoms with van der Waals surface area (Å²) in [5.74, 6) is 0. The van der Waals surface area contributed by atoms with E-state index in [1.807, 2.05) is 19.9 Å². The van der Waals surface area contributed by atoms with Gasteiger partial charge < -0.3 is 4.74 Å². The van der Waals surface area contributed by atoms with Crippen LogP contribution in [0.25, 0.3) is 0 Å². The average Bonchev–Trinajstić information content (AvgIpc) is 1.81. The second-order valence-electron chi connectivity index (χ2n) is 1.55. The Labute approximate surface area is 51.4 Å². The van der Waals surface area contributed by atoms with Gasteiger partial charge in [0.1, 0.15) is 0 Å². The first-order chi connectivity index (χ1) is 3.91. The van der Waals surface area contributed by atoms with E-state index in [4.69, 9.17) is 4.74 Å². The topological polar surface area (TPSA) is 9.23 Å². The third-order valence-corrected chi connectivity index (χ3v) is 0.869. The fourth-order valence-corrected chi connectivity index (χ4v) is 0.462. The Morgan fingerprint density at radius 3 is 2.75 bits per heavy atom. The standard InChI is InChI=1S/C7H14O/c1-3-5-6-7-8-4-2/h3,5H,4,6-7H2,1-2H3/b5-3+. The summed E-state index contributed by atoms with van der Waals surface area (Å²) in [4.78, 5) is 0. The van der Waals surface area contributed by atoms with E-state index in [1.54, 1.807) is 0 Å². The first kappa shape index (κ1) is 7.70. The molecule has 0 aromatic carbocycles. The molecule has 48 valence electrons. The molecule has 1 nitrogen and oxygen atoms in total. The Kier molecular flexibility index (Phi) is 6.45. The van der Waals surface area contributed by atoms with Gasteiger partial charge in [-0.1, -0.05) is 12.2 Å². The van der Waals surface area contributed by atoms with E-state index in [-0.39, 0.29) is 0 Å². The zero-order valence-corrected chi connectivity index (χ0v) is 5.68. The van der Waals surface area contributed by atoms with Gasteiger partial charge >= 0.3 is 0 Å². The number of hydrogen-bond donors (Lipinski definition) is 0. The molecule has 0 atom stereocenters. The van der Waals surface area contributed by atoms with Gasteiger partial charge in [-0.2, -0.15) is 0 Å². The van der Waals surface area contributed by atoms with Crippen LogP contribution in [-0.4, -0.2) is 13.2 Å². The molecule has 0 aromatic heterocycles. The van der Waals surface area contributed by atoms with Crippen molar-refractivity contribution in [3.8, 4) is 0 Å². The molecule has 8 heavy (non-hydrogen) atoms. The van der Waals surface area contributed by atoms with Gasteiger partial charge in [-0.25, -0.2) is 0 Å². The van der Waals surface area contributed by atoms with Crippen molar-refractivity contribution < 1.29 is 4.74 Å². The molecule has 0 bridgehead atoms. The third kappa shape index (κ3) is 5.70. The number of rotatable bonds is 4. The van der Waals surface area contributed by atoms with Crippen LogP contribution in [0.2, 0.25) is 0 Å². The summed E-state index contributed by atoms with van der Waals surface area (Å²) in [5, 5.41) is 0. The Balaban J connectivity index is 2.72. The predicted molar refractivity (Wildman–Crippen MR) is 35.9 cm³/mol. The summed E-state index contributed by atoms with van der Waals surface area (Å²) in [5.41, 5.74) is 0. The highest BCUT2D eigenvalue weighted by atomic mass is 16.5. The highest BCUT2D eigenvalue weighted by Gasteiger charge is 1.76. The first-order valence-corrected chi connectivity index (χ1v) is 3.10. The quantitative estimate of drug-likeness (QED) is 0.401. The van der Waals surface area contributed by atoms with Gasteiger partial charge in [0.05, 0.1) is 0 Å². The maximum absolute atomic E-state index is 5.08. The molecule has 0 fully saturated rings. The second-order valence-corrected chi connectivity index (χ2v) is 1.55. The van der Waals surface area contributed by atoms with Gasteiger partial charge in [-0.05, 0) is 20.3 Å². The molecule has 0 heterocycles. The van der Waals surface area contributed by atoms with Crippen molar-refractivity contribution in [1.82, 2.24) is 0 Å². The summed E-state index contributed by atoms with van der Waals surface area (Å²) in [7, 11) is 0. The minimum absolute atomic E-state index is 0.831. The number of allylic oxidation sites excluding steroid dienone is 1. The van der Waals surface area contributed by atoms with Gasteiger partial charge in [0, 0.05) is 13.2 Å². The van der Waals surface area contributed by atoms with Gasteiger partial charge in [-0.15, -0.1) is 0 Å². The van der Waals surface area contributed by atoms with Crippen molar-refractivity contribution in [2.45, 2.75) is 20.3 Å². The zero-order chi connectivity index (χ0) is 6.24. The first-order valence-electron chi connectivity index (χ1n) is 3.10. The van der Waals surface area contributed by atoms with Gasteiger partial charge in [0.25, 0.3) is 0 Å². The van der Waals surface area contributed by atoms with Crippen molar-refractivity contribution in [3.05, 3.63) is 12.2 Å². The van der Waals surface area contributed by atoms with Crippen LogP contribution >= 0.6 is 0 Å². The highest BCUT2D eigenvalue weighted by Crippen LogP contribution is 1.83. The van der Waals surface area contributed by atoms with Crippen LogP contribution in [0.15, 0.2) is 12.2 Å². The van der Waals surface area contributed by atoms with E-state index < -0.39 is 0 Å². The minimum atomic E-state index is 0.831. The molecule has 0 radical (unpaired) electrons. The minimum Gasteiger partial charge on any atom is -0.381 e. The Morgan fingerprint density at radius 2 is 2.25 bits per heavy atom. The van der Waals surface area contributed by atoms with Crippen molar-refractivity contribution in [1.29, 1.82) is 0 Å². The van der Waals surface area contributed by atoms with Crippen molar-refractivity contribution >= 4 is 0 Å². The number of ether oxygens (including phenoxy) is 1. The molecule has 0 saturated carbocycles. The Morgan fingerprint density at radius 1 is 1.50 bits per heavy atom. The molecule has 0 aliphatic heterocycles. The third-order valence-electron chi connectivity index (χ3n) is 0.869. The van der Waals surface area contributed by atoms with Crippen LogP contribution < -0.4 is 0 Å². The van der Waals surface area contributed by atoms with E-state index >= 15 is 0 Å². The molecule has 0 amide bonds. The maximum Gasteiger partial charge on any atom is 0.0500 e. The van der Waals surface area contributed by atoms with Crippen molar-refractivity contribution in [3.63, 3.8) is 0 Å². The summed E-state index contributed by atoms with van der Waals surface area (Å²) < 4.78 is 5.08. The zero-order valence-electron chi connectivity index (χ0n) is 5.68. The Hall–Kier alpha value is -0.300. The van der Waals surface area contributed by atoms with E-state index in [0.29, 0.717) is 0 Å². The number of hydrogen-bond acceptors (Lipinski definition) is 1. The van der Waals surface area contributed by atoms with Crippen LogP contribution in [-0.2, 0) is 4.74 Å². The lowest BCUT2D eigenvalue weighted by Gasteiger charge is -1.93. The molecule has 0 aromatic rings. The molecule has 0 N–H and O–H groups in total. The van der Waals surface area contributed by atoms with Gasteiger partial charge in [0.2, 0.25) is 0 Å². The predicted octanol–water partition coefficient (Wildman–Crippen LogP) is 1.99. The highest BCUT2D eigenvalue weighted by molar-refractivity contribution is 4.75. The summed E-state index contributed by atoms with van der Waals surface area (Å²) >= 11 is 0. The molecular formula is C7H14O. The average molecular weight is 114 g/mol. The van der Waals surface area contributed by atoms with Crippen molar-refractivity contribution in [2.75, 3.05) is 13.2 Å². The fourth-order valence-electron chi connectivity index (χ4n) is 0.462. The molecular weight excluding hydrogens is 100 g/mol. The lowest BCUT2D eigenvalue weighted by atomic mass is 10.4. The SMILES string of the molecule is C/C=C/CCOCC. The lowest BCUT2D eigenvalue weighted by molar-refractivity contribution is 0.152. The van der Waals surface area contributed by atoms with E-state index in [9.17, 15) is 0 Å². The van der Waals surface area contributed by atoms with E-state index in [0.717, 1.165) is 19.6 Å². The van der Waals surface area contributed by atoms with Crippen LogP contribution in [0.3, 0.4) is 0 Å².